The van der Waals surface area contributed by atoms with E-state index in [2.05, 4.69) is 17.1 Å². The van der Waals surface area contributed by atoms with Crippen molar-refractivity contribution in [2.24, 2.45) is 5.73 Å². The molecule has 0 bridgehead atoms. The number of nitrogens with two attached hydrogens (primary N) is 1. The van der Waals surface area contributed by atoms with Crippen LogP contribution >= 0.6 is 11.6 Å². The van der Waals surface area contributed by atoms with Gasteiger partial charge < -0.3 is 10.3 Å². The van der Waals surface area contributed by atoms with E-state index in [0.717, 1.165) is 18.4 Å². The van der Waals surface area contributed by atoms with Crippen molar-refractivity contribution in [2.45, 2.75) is 38.6 Å². The molecule has 0 saturated heterocycles. The number of halogens is 1. The quantitative estimate of drug-likeness (QED) is 0.912. The largest absolute Gasteiger partial charge is 0.337 e. The lowest BCUT2D eigenvalue weighted by molar-refractivity contribution is 0.282. The monoisotopic (exact) mass is 279 g/mol. The fourth-order valence-electron chi connectivity index (χ4n) is 2.00. The van der Waals surface area contributed by atoms with Crippen LogP contribution in [0.5, 0.6) is 0 Å². The van der Waals surface area contributed by atoms with Crippen LogP contribution in [0.15, 0.2) is 28.8 Å². The molecule has 2 rings (SSSR count). The van der Waals surface area contributed by atoms with E-state index in [0.29, 0.717) is 23.2 Å². The maximum atomic E-state index is 6.16. The maximum Gasteiger partial charge on any atom is 0.246 e. The van der Waals surface area contributed by atoms with Crippen LogP contribution < -0.4 is 5.73 Å². The van der Waals surface area contributed by atoms with Gasteiger partial charge in [-0.1, -0.05) is 48.3 Å². The maximum absolute atomic E-state index is 6.16. The number of hydrogen-bond donors (Lipinski definition) is 1. The molecule has 1 unspecified atom stereocenters. The summed E-state index contributed by atoms with van der Waals surface area (Å²) in [6.45, 7) is 3.98. The second-order valence-electron chi connectivity index (χ2n) is 4.95. The van der Waals surface area contributed by atoms with Gasteiger partial charge in [0.1, 0.15) is 0 Å². The topological polar surface area (TPSA) is 64.9 Å². The first-order valence-corrected chi connectivity index (χ1v) is 6.76. The smallest absolute Gasteiger partial charge is 0.246 e. The minimum atomic E-state index is -0.569. The molecule has 4 nitrogen and oxygen atoms in total. The van der Waals surface area contributed by atoms with Gasteiger partial charge in [0.15, 0.2) is 5.82 Å². The molecule has 0 amide bonds. The summed E-state index contributed by atoms with van der Waals surface area (Å²) in [5.74, 6) is 1.09. The van der Waals surface area contributed by atoms with Gasteiger partial charge in [-0.3, -0.25) is 0 Å². The van der Waals surface area contributed by atoms with Crippen LogP contribution in [0.4, 0.5) is 0 Å². The first-order valence-electron chi connectivity index (χ1n) is 6.38. The van der Waals surface area contributed by atoms with E-state index >= 15 is 0 Å². The van der Waals surface area contributed by atoms with Gasteiger partial charge in [0, 0.05) is 11.4 Å². The summed E-state index contributed by atoms with van der Waals surface area (Å²) >= 11 is 6.11. The zero-order valence-corrected chi connectivity index (χ0v) is 11.9. The van der Waals surface area contributed by atoms with Crippen molar-refractivity contribution in [1.82, 2.24) is 10.1 Å². The zero-order chi connectivity index (χ0) is 13.9. The number of aromatic nitrogens is 2. The molecule has 0 radical (unpaired) electrons. The Morgan fingerprint density at radius 1 is 1.37 bits per heavy atom. The molecule has 5 heteroatoms. The summed E-state index contributed by atoms with van der Waals surface area (Å²) in [7, 11) is 0. The number of rotatable bonds is 5. The van der Waals surface area contributed by atoms with E-state index in [-0.39, 0.29) is 0 Å². The van der Waals surface area contributed by atoms with Gasteiger partial charge in [0.25, 0.3) is 0 Å². The van der Waals surface area contributed by atoms with Gasteiger partial charge in [-0.15, -0.1) is 0 Å². The van der Waals surface area contributed by atoms with Gasteiger partial charge in [-0.25, -0.2) is 0 Å². The fourth-order valence-corrected chi connectivity index (χ4v) is 2.20. The summed E-state index contributed by atoms with van der Waals surface area (Å²) < 4.78 is 5.26. The summed E-state index contributed by atoms with van der Waals surface area (Å²) in [6, 6.07) is 7.63. The molecule has 2 N–H and O–H groups in total. The molecule has 1 aromatic carbocycles. The van der Waals surface area contributed by atoms with Crippen LogP contribution in [0.3, 0.4) is 0 Å². The highest BCUT2D eigenvalue weighted by molar-refractivity contribution is 6.31. The van der Waals surface area contributed by atoms with Crippen molar-refractivity contribution < 1.29 is 4.52 Å². The van der Waals surface area contributed by atoms with Gasteiger partial charge in [0.2, 0.25) is 5.89 Å². The Bertz CT molecular complexity index is 551. The van der Waals surface area contributed by atoms with Gasteiger partial charge in [0.05, 0.1) is 5.54 Å². The first kappa shape index (κ1) is 14.0. The molecule has 0 spiro atoms. The molecule has 1 heterocycles. The van der Waals surface area contributed by atoms with Gasteiger partial charge >= 0.3 is 0 Å². The number of hydrogen-bond acceptors (Lipinski definition) is 4. The third kappa shape index (κ3) is 3.33. The predicted octanol–water partition coefficient (Wildman–Crippen LogP) is 3.29. The molecular weight excluding hydrogens is 262 g/mol. The highest BCUT2D eigenvalue weighted by Gasteiger charge is 2.27. The average Bonchev–Trinajstić information content (AvgIpc) is 2.81. The van der Waals surface area contributed by atoms with Crippen LogP contribution in [0.2, 0.25) is 5.02 Å². The van der Waals surface area contributed by atoms with E-state index in [1.165, 1.54) is 0 Å². The molecule has 1 aromatic heterocycles. The van der Waals surface area contributed by atoms with Crippen LogP contribution in [-0.4, -0.2) is 10.1 Å². The lowest BCUT2D eigenvalue weighted by atomic mass is 9.98. The van der Waals surface area contributed by atoms with Crippen LogP contribution in [0.25, 0.3) is 0 Å². The SMILES string of the molecule is CCCC(C)(N)c1nc(Cc2ccccc2Cl)no1. The molecule has 0 aliphatic carbocycles. The molecule has 2 aromatic rings. The molecule has 0 aliphatic rings. The average molecular weight is 280 g/mol. The minimum Gasteiger partial charge on any atom is -0.337 e. The van der Waals surface area contributed by atoms with E-state index in [1.807, 2.05) is 31.2 Å². The van der Waals surface area contributed by atoms with Crippen LogP contribution in [0, 0.1) is 0 Å². The lowest BCUT2D eigenvalue weighted by Gasteiger charge is -2.18. The molecule has 0 fully saturated rings. The van der Waals surface area contributed by atoms with Crippen LogP contribution in [-0.2, 0) is 12.0 Å². The Labute approximate surface area is 118 Å². The number of benzene rings is 1. The van der Waals surface area contributed by atoms with Gasteiger partial charge in [-0.2, -0.15) is 4.98 Å². The van der Waals surface area contributed by atoms with E-state index in [4.69, 9.17) is 21.9 Å². The molecule has 19 heavy (non-hydrogen) atoms. The Morgan fingerprint density at radius 2 is 2.11 bits per heavy atom. The van der Waals surface area contributed by atoms with Gasteiger partial charge in [-0.05, 0) is 25.0 Å². The standard InChI is InChI=1S/C14H18ClN3O/c1-3-8-14(2,16)13-17-12(18-19-13)9-10-6-4-5-7-11(10)15/h4-7H,3,8-9,16H2,1-2H3. The van der Waals surface area contributed by atoms with Crippen molar-refractivity contribution in [3.63, 3.8) is 0 Å². The summed E-state index contributed by atoms with van der Waals surface area (Å²) in [4.78, 5) is 4.38. The van der Waals surface area contributed by atoms with Crippen molar-refractivity contribution in [3.05, 3.63) is 46.6 Å². The third-order valence-corrected chi connectivity index (χ3v) is 3.40. The molecule has 0 aliphatic heterocycles. The van der Waals surface area contributed by atoms with Crippen molar-refractivity contribution in [3.8, 4) is 0 Å². The van der Waals surface area contributed by atoms with Crippen molar-refractivity contribution in [1.29, 1.82) is 0 Å². The molecule has 0 saturated carbocycles. The molecule has 1 atom stereocenters. The Kier molecular flexibility index (Phi) is 4.22. The summed E-state index contributed by atoms with van der Waals surface area (Å²) in [5.41, 5.74) is 6.57. The van der Waals surface area contributed by atoms with Crippen molar-refractivity contribution >= 4 is 11.6 Å². The second kappa shape index (κ2) is 5.72. The predicted molar refractivity (Wildman–Crippen MR) is 75.0 cm³/mol. The molecule has 102 valence electrons. The van der Waals surface area contributed by atoms with E-state index in [1.54, 1.807) is 0 Å². The second-order valence-corrected chi connectivity index (χ2v) is 5.36. The zero-order valence-electron chi connectivity index (χ0n) is 11.2. The summed E-state index contributed by atoms with van der Waals surface area (Å²) in [6.07, 6.45) is 2.32. The lowest BCUT2D eigenvalue weighted by Crippen LogP contribution is -2.33. The molecular formula is C14H18ClN3O. The van der Waals surface area contributed by atoms with Crippen molar-refractivity contribution in [2.75, 3.05) is 0 Å². The first-order chi connectivity index (χ1) is 9.03. The highest BCUT2D eigenvalue weighted by Crippen LogP contribution is 2.23. The van der Waals surface area contributed by atoms with E-state index < -0.39 is 5.54 Å². The minimum absolute atomic E-state index is 0.483. The Balaban J connectivity index is 2.16. The van der Waals surface area contributed by atoms with E-state index in [9.17, 15) is 0 Å². The third-order valence-electron chi connectivity index (χ3n) is 3.03. The van der Waals surface area contributed by atoms with Crippen LogP contribution in [0.1, 0.15) is 44.0 Å². The summed E-state index contributed by atoms with van der Waals surface area (Å²) in [5, 5.41) is 4.68. The Morgan fingerprint density at radius 3 is 2.79 bits per heavy atom. The fraction of sp³-hybridized carbons (Fsp3) is 0.429. The number of nitrogens with zero attached hydrogens (tertiary/aromatic N) is 2. The Hall–Kier alpha value is -1.39. The normalized spacial score (nSPS) is 14.3. The highest BCUT2D eigenvalue weighted by atomic mass is 35.5.